The van der Waals surface area contributed by atoms with Crippen LogP contribution in [0.1, 0.15) is 19.8 Å². The van der Waals surface area contributed by atoms with E-state index in [-0.39, 0.29) is 16.9 Å². The molecule has 0 bridgehead atoms. The van der Waals surface area contributed by atoms with Gasteiger partial charge in [-0.15, -0.1) is 0 Å². The maximum Gasteiger partial charge on any atom is 0.246 e. The number of nitrogens with zero attached hydrogens (tertiary/aromatic N) is 3. The first-order valence-electron chi connectivity index (χ1n) is 6.23. The van der Waals surface area contributed by atoms with E-state index in [9.17, 15) is 8.42 Å². The Morgan fingerprint density at radius 3 is 2.68 bits per heavy atom. The van der Waals surface area contributed by atoms with Gasteiger partial charge in [0.1, 0.15) is 4.90 Å². The first kappa shape index (κ1) is 14.2. The van der Waals surface area contributed by atoms with Crippen LogP contribution in [-0.4, -0.2) is 48.5 Å². The summed E-state index contributed by atoms with van der Waals surface area (Å²) in [6.07, 6.45) is 4.31. The molecule has 0 radical (unpaired) electrons. The molecule has 1 saturated heterocycles. The highest BCUT2D eigenvalue weighted by molar-refractivity contribution is 7.89. The van der Waals surface area contributed by atoms with Crippen molar-refractivity contribution in [2.45, 2.75) is 30.8 Å². The van der Waals surface area contributed by atoms with E-state index in [4.69, 9.17) is 10.5 Å². The molecule has 0 aromatic carbocycles. The Bertz CT molecular complexity index is 511. The van der Waals surface area contributed by atoms with Crippen LogP contribution in [0.4, 0.5) is 5.95 Å². The van der Waals surface area contributed by atoms with E-state index >= 15 is 0 Å². The molecule has 1 aliphatic heterocycles. The summed E-state index contributed by atoms with van der Waals surface area (Å²) >= 11 is 0. The van der Waals surface area contributed by atoms with Gasteiger partial charge in [0.05, 0.1) is 18.5 Å². The average molecular weight is 286 g/mol. The predicted molar refractivity (Wildman–Crippen MR) is 69.9 cm³/mol. The minimum atomic E-state index is -3.58. The molecule has 1 aliphatic rings. The fourth-order valence-electron chi connectivity index (χ4n) is 2.02. The Morgan fingerprint density at radius 1 is 1.47 bits per heavy atom. The van der Waals surface area contributed by atoms with E-state index in [1.165, 1.54) is 16.7 Å². The van der Waals surface area contributed by atoms with Gasteiger partial charge in [-0.25, -0.2) is 18.4 Å². The number of hydrogen-bond donors (Lipinski definition) is 1. The van der Waals surface area contributed by atoms with Crippen LogP contribution in [-0.2, 0) is 14.8 Å². The van der Waals surface area contributed by atoms with Crippen LogP contribution in [0.25, 0.3) is 0 Å². The van der Waals surface area contributed by atoms with E-state index in [2.05, 4.69) is 9.97 Å². The second kappa shape index (κ2) is 5.81. The van der Waals surface area contributed by atoms with Gasteiger partial charge in [0, 0.05) is 19.7 Å². The van der Waals surface area contributed by atoms with E-state index in [1.807, 2.05) is 0 Å². The van der Waals surface area contributed by atoms with Gasteiger partial charge >= 0.3 is 0 Å². The van der Waals surface area contributed by atoms with Gasteiger partial charge in [-0.1, -0.05) is 6.92 Å². The molecular formula is C11H18N4O3S. The van der Waals surface area contributed by atoms with Crippen molar-refractivity contribution in [3.05, 3.63) is 12.4 Å². The molecule has 1 aromatic heterocycles. The largest absolute Gasteiger partial charge is 0.377 e. The van der Waals surface area contributed by atoms with Gasteiger partial charge in [0.15, 0.2) is 0 Å². The maximum atomic E-state index is 12.4. The fourth-order valence-corrected chi connectivity index (χ4v) is 3.39. The zero-order chi connectivity index (χ0) is 13.9. The third-order valence-electron chi connectivity index (χ3n) is 3.07. The molecule has 7 nitrogen and oxygen atoms in total. The highest BCUT2D eigenvalue weighted by Crippen LogP contribution is 2.19. The van der Waals surface area contributed by atoms with Crippen LogP contribution in [0, 0.1) is 0 Å². The van der Waals surface area contributed by atoms with Gasteiger partial charge < -0.3 is 10.5 Å². The lowest BCUT2D eigenvalue weighted by Crippen LogP contribution is -2.37. The smallest absolute Gasteiger partial charge is 0.246 e. The zero-order valence-corrected chi connectivity index (χ0v) is 11.6. The lowest BCUT2D eigenvalue weighted by molar-refractivity contribution is 0.0946. The molecule has 1 unspecified atom stereocenters. The molecule has 19 heavy (non-hydrogen) atoms. The molecule has 1 atom stereocenters. The van der Waals surface area contributed by atoms with Crippen LogP contribution in [0.2, 0.25) is 0 Å². The normalized spacial score (nSPS) is 20.0. The summed E-state index contributed by atoms with van der Waals surface area (Å²) in [6.45, 7) is 3.24. The Morgan fingerprint density at radius 2 is 2.16 bits per heavy atom. The van der Waals surface area contributed by atoms with Gasteiger partial charge in [0.2, 0.25) is 16.0 Å². The predicted octanol–water partition coefficient (Wildman–Crippen LogP) is 0.248. The lowest BCUT2D eigenvalue weighted by atomic mass is 10.2. The first-order chi connectivity index (χ1) is 9.04. The molecule has 0 spiro atoms. The summed E-state index contributed by atoms with van der Waals surface area (Å²) in [5.41, 5.74) is 5.36. The Labute approximate surface area is 112 Å². The molecule has 2 rings (SSSR count). The summed E-state index contributed by atoms with van der Waals surface area (Å²) in [4.78, 5) is 7.50. The van der Waals surface area contributed by atoms with Crippen LogP contribution < -0.4 is 5.73 Å². The lowest BCUT2D eigenvalue weighted by Gasteiger charge is -2.23. The van der Waals surface area contributed by atoms with Crippen LogP contribution in [0.15, 0.2) is 17.3 Å². The number of nitrogen functional groups attached to an aromatic ring is 1. The van der Waals surface area contributed by atoms with Crippen molar-refractivity contribution in [2.75, 3.05) is 25.4 Å². The van der Waals surface area contributed by atoms with Crippen molar-refractivity contribution in [3.8, 4) is 0 Å². The zero-order valence-electron chi connectivity index (χ0n) is 10.8. The third-order valence-corrected chi connectivity index (χ3v) is 4.96. The maximum absolute atomic E-state index is 12.4. The number of anilines is 1. The number of likely N-dealkylation sites (N-methyl/N-ethyl adjacent to an activating group) is 1. The number of rotatable bonds is 5. The summed E-state index contributed by atoms with van der Waals surface area (Å²) in [5, 5.41) is 0. The van der Waals surface area contributed by atoms with Crippen molar-refractivity contribution in [1.82, 2.24) is 14.3 Å². The van der Waals surface area contributed by atoms with Gasteiger partial charge in [0.25, 0.3) is 0 Å². The van der Waals surface area contributed by atoms with Crippen molar-refractivity contribution in [1.29, 1.82) is 0 Å². The Hall–Kier alpha value is -1.25. The van der Waals surface area contributed by atoms with E-state index in [0.29, 0.717) is 19.7 Å². The van der Waals surface area contributed by atoms with Gasteiger partial charge in [-0.05, 0) is 12.8 Å². The summed E-state index contributed by atoms with van der Waals surface area (Å²) < 4.78 is 31.7. The Kier molecular flexibility index (Phi) is 4.33. The number of sulfonamides is 1. The minimum Gasteiger partial charge on any atom is -0.377 e. The van der Waals surface area contributed by atoms with Crippen molar-refractivity contribution < 1.29 is 13.2 Å². The number of ether oxygens (including phenoxy) is 1. The summed E-state index contributed by atoms with van der Waals surface area (Å²) in [7, 11) is -3.58. The summed E-state index contributed by atoms with van der Waals surface area (Å²) in [5.74, 6) is 0.0566. The van der Waals surface area contributed by atoms with Gasteiger partial charge in [-0.2, -0.15) is 4.31 Å². The number of hydrogen-bond acceptors (Lipinski definition) is 6. The second-order valence-corrected chi connectivity index (χ2v) is 6.31. The highest BCUT2D eigenvalue weighted by Gasteiger charge is 2.28. The minimum absolute atomic E-state index is 0.0237. The van der Waals surface area contributed by atoms with E-state index in [1.54, 1.807) is 6.92 Å². The van der Waals surface area contributed by atoms with Crippen LogP contribution in [0.5, 0.6) is 0 Å². The molecule has 0 aliphatic carbocycles. The molecule has 8 heteroatoms. The SMILES string of the molecule is CCN(CC1CCCO1)S(=O)(=O)c1cnc(N)nc1. The Balaban J connectivity index is 2.17. The molecule has 2 heterocycles. The van der Waals surface area contributed by atoms with Crippen molar-refractivity contribution in [3.63, 3.8) is 0 Å². The third kappa shape index (κ3) is 3.20. The fraction of sp³-hybridized carbons (Fsp3) is 0.636. The van der Waals surface area contributed by atoms with Crippen molar-refractivity contribution in [2.24, 2.45) is 0 Å². The quantitative estimate of drug-likeness (QED) is 0.833. The molecular weight excluding hydrogens is 268 g/mol. The van der Waals surface area contributed by atoms with Crippen molar-refractivity contribution >= 4 is 16.0 Å². The summed E-state index contributed by atoms with van der Waals surface area (Å²) in [6, 6.07) is 0. The van der Waals surface area contributed by atoms with E-state index in [0.717, 1.165) is 12.8 Å². The van der Waals surface area contributed by atoms with Crippen LogP contribution in [0.3, 0.4) is 0 Å². The monoisotopic (exact) mass is 286 g/mol. The molecule has 0 saturated carbocycles. The first-order valence-corrected chi connectivity index (χ1v) is 7.67. The number of nitrogens with two attached hydrogens (primary N) is 1. The second-order valence-electron chi connectivity index (χ2n) is 4.37. The molecule has 1 aromatic rings. The standard InChI is InChI=1S/C11H18N4O3S/c1-2-15(8-9-4-3-5-18-9)19(16,17)10-6-13-11(12)14-7-10/h6-7,9H,2-5,8H2,1H3,(H2,12,13,14). The molecule has 0 amide bonds. The molecule has 2 N–H and O–H groups in total. The van der Waals surface area contributed by atoms with E-state index < -0.39 is 10.0 Å². The average Bonchev–Trinajstić information content (AvgIpc) is 2.89. The molecule has 106 valence electrons. The van der Waals surface area contributed by atoms with Gasteiger partial charge in [-0.3, -0.25) is 0 Å². The van der Waals surface area contributed by atoms with Crippen LogP contribution >= 0.6 is 0 Å². The molecule has 1 fully saturated rings. The number of aromatic nitrogens is 2. The highest BCUT2D eigenvalue weighted by atomic mass is 32.2. The topological polar surface area (TPSA) is 98.4 Å².